The van der Waals surface area contributed by atoms with Gasteiger partial charge in [-0.15, -0.1) is 0 Å². The lowest BCUT2D eigenvalue weighted by Gasteiger charge is -2.07. The highest BCUT2D eigenvalue weighted by molar-refractivity contribution is 5.96. The van der Waals surface area contributed by atoms with E-state index in [9.17, 15) is 14.4 Å². The van der Waals surface area contributed by atoms with Crippen LogP contribution >= 0.6 is 0 Å². The molecule has 9 nitrogen and oxygen atoms in total. The molecule has 0 aliphatic heterocycles. The van der Waals surface area contributed by atoms with Gasteiger partial charge in [0.15, 0.2) is 0 Å². The minimum Gasteiger partial charge on any atom is -0.494 e. The molecule has 0 spiro atoms. The Balaban J connectivity index is 1.41. The van der Waals surface area contributed by atoms with Gasteiger partial charge in [-0.3, -0.25) is 9.59 Å². The summed E-state index contributed by atoms with van der Waals surface area (Å²) < 4.78 is 16.2. The third kappa shape index (κ3) is 8.81. The smallest absolute Gasteiger partial charge is 0.343 e. The molecule has 0 atom stereocenters. The van der Waals surface area contributed by atoms with E-state index in [2.05, 4.69) is 15.8 Å². The van der Waals surface area contributed by atoms with Crippen LogP contribution in [0.4, 0.5) is 0 Å². The van der Waals surface area contributed by atoms with Crippen molar-refractivity contribution in [3.05, 3.63) is 89.5 Å². The van der Waals surface area contributed by atoms with Crippen LogP contribution < -0.4 is 25.0 Å². The van der Waals surface area contributed by atoms with E-state index in [1.54, 1.807) is 72.8 Å². The van der Waals surface area contributed by atoms with Crippen molar-refractivity contribution in [3.63, 3.8) is 0 Å². The van der Waals surface area contributed by atoms with E-state index in [0.29, 0.717) is 47.2 Å². The summed E-state index contributed by atoms with van der Waals surface area (Å²) in [6.07, 6.45) is 2.33. The maximum atomic E-state index is 12.3. The number of ether oxygens (including phenoxy) is 3. The lowest BCUT2D eigenvalue weighted by molar-refractivity contribution is -0.120. The first-order valence-corrected chi connectivity index (χ1v) is 11.9. The van der Waals surface area contributed by atoms with Crippen LogP contribution in [0, 0.1) is 0 Å². The molecule has 2 N–H and O–H groups in total. The maximum Gasteiger partial charge on any atom is 0.343 e. The minimum absolute atomic E-state index is 0.231. The van der Waals surface area contributed by atoms with E-state index in [-0.39, 0.29) is 12.5 Å². The summed E-state index contributed by atoms with van der Waals surface area (Å²) in [6, 6.07) is 20.0. The van der Waals surface area contributed by atoms with Gasteiger partial charge in [-0.05, 0) is 91.7 Å². The first-order valence-electron chi connectivity index (χ1n) is 11.9. The SMILES string of the molecule is CCCOc1ccc(C(=O)NCC(=O)N/N=C/c2ccc(OC(=O)c3ccc(OCC)cc3)cc2)cc1. The number of carbonyl (C=O) groups is 3. The number of esters is 1. The molecule has 0 aromatic heterocycles. The number of hydrogen-bond acceptors (Lipinski definition) is 7. The van der Waals surface area contributed by atoms with Crippen molar-refractivity contribution >= 4 is 24.0 Å². The van der Waals surface area contributed by atoms with E-state index in [1.807, 2.05) is 13.8 Å². The van der Waals surface area contributed by atoms with Crippen LogP contribution in [0.25, 0.3) is 0 Å². The molecule has 0 saturated heterocycles. The molecule has 0 heterocycles. The van der Waals surface area contributed by atoms with Crippen LogP contribution in [0.5, 0.6) is 17.2 Å². The minimum atomic E-state index is -0.487. The van der Waals surface area contributed by atoms with Crippen molar-refractivity contribution in [1.29, 1.82) is 0 Å². The van der Waals surface area contributed by atoms with Gasteiger partial charge in [0.1, 0.15) is 17.2 Å². The number of carbonyl (C=O) groups excluding carboxylic acids is 3. The number of amides is 2. The zero-order valence-electron chi connectivity index (χ0n) is 20.7. The summed E-state index contributed by atoms with van der Waals surface area (Å²) in [5.41, 5.74) is 3.85. The second kappa shape index (κ2) is 14.0. The van der Waals surface area contributed by atoms with Gasteiger partial charge >= 0.3 is 5.97 Å². The molecule has 0 aliphatic carbocycles. The Bertz CT molecular complexity index is 1210. The molecule has 0 aliphatic rings. The summed E-state index contributed by atoms with van der Waals surface area (Å²) in [7, 11) is 0. The number of hydrazone groups is 1. The van der Waals surface area contributed by atoms with Crippen molar-refractivity contribution in [2.24, 2.45) is 5.10 Å². The standard InChI is InChI=1S/C28H29N3O6/c1-3-17-36-24-13-7-21(8-14-24)27(33)29-19-26(32)31-30-18-20-5-11-25(12-6-20)37-28(34)22-9-15-23(16-10-22)35-4-2/h5-16,18H,3-4,17,19H2,1-2H3,(H,29,33)(H,31,32)/b30-18+. The van der Waals surface area contributed by atoms with E-state index >= 15 is 0 Å². The van der Waals surface area contributed by atoms with Gasteiger partial charge in [-0.2, -0.15) is 5.10 Å². The molecule has 9 heteroatoms. The van der Waals surface area contributed by atoms with Crippen molar-refractivity contribution < 1.29 is 28.6 Å². The van der Waals surface area contributed by atoms with Gasteiger partial charge in [-0.25, -0.2) is 10.2 Å². The molecule has 2 amide bonds. The highest BCUT2D eigenvalue weighted by Crippen LogP contribution is 2.16. The summed E-state index contributed by atoms with van der Waals surface area (Å²) in [5, 5.41) is 6.42. The zero-order chi connectivity index (χ0) is 26.5. The lowest BCUT2D eigenvalue weighted by atomic mass is 10.2. The van der Waals surface area contributed by atoms with Gasteiger partial charge < -0.3 is 19.5 Å². The van der Waals surface area contributed by atoms with E-state index in [4.69, 9.17) is 14.2 Å². The first-order chi connectivity index (χ1) is 18.0. The molecule has 0 radical (unpaired) electrons. The van der Waals surface area contributed by atoms with Crippen molar-refractivity contribution in [3.8, 4) is 17.2 Å². The van der Waals surface area contributed by atoms with Crippen molar-refractivity contribution in [2.75, 3.05) is 19.8 Å². The average molecular weight is 504 g/mol. The van der Waals surface area contributed by atoms with Gasteiger partial charge in [0.05, 0.1) is 31.5 Å². The maximum absolute atomic E-state index is 12.3. The molecule has 37 heavy (non-hydrogen) atoms. The third-order valence-corrected chi connectivity index (χ3v) is 4.89. The lowest BCUT2D eigenvalue weighted by Crippen LogP contribution is -2.34. The number of nitrogens with one attached hydrogen (secondary N) is 2. The Morgan fingerprint density at radius 2 is 1.38 bits per heavy atom. The van der Waals surface area contributed by atoms with Crippen LogP contribution in [0.15, 0.2) is 77.9 Å². The van der Waals surface area contributed by atoms with Gasteiger partial charge in [0.2, 0.25) is 0 Å². The summed E-state index contributed by atoms with van der Waals surface area (Å²) in [6.45, 7) is 4.82. The van der Waals surface area contributed by atoms with E-state index in [1.165, 1.54) is 6.21 Å². The quantitative estimate of drug-likeness (QED) is 0.167. The monoisotopic (exact) mass is 503 g/mol. The Hall–Kier alpha value is -4.66. The van der Waals surface area contributed by atoms with E-state index < -0.39 is 11.9 Å². The molecule has 0 bridgehead atoms. The number of hydrogen-bond donors (Lipinski definition) is 2. The molecule has 3 rings (SSSR count). The number of nitrogens with zero attached hydrogens (tertiary/aromatic N) is 1. The normalized spacial score (nSPS) is 10.5. The van der Waals surface area contributed by atoms with Crippen LogP contribution in [0.3, 0.4) is 0 Å². The van der Waals surface area contributed by atoms with Crippen LogP contribution in [-0.4, -0.2) is 43.8 Å². The summed E-state index contributed by atoms with van der Waals surface area (Å²) >= 11 is 0. The Kier molecular flexibility index (Phi) is 10.2. The Morgan fingerprint density at radius 1 is 0.784 bits per heavy atom. The molecule has 0 saturated carbocycles. The predicted molar refractivity (Wildman–Crippen MR) is 139 cm³/mol. The third-order valence-electron chi connectivity index (χ3n) is 4.89. The highest BCUT2D eigenvalue weighted by Gasteiger charge is 2.10. The number of rotatable bonds is 12. The van der Waals surface area contributed by atoms with Crippen LogP contribution in [0.1, 0.15) is 46.5 Å². The average Bonchev–Trinajstić information content (AvgIpc) is 2.92. The predicted octanol–water partition coefficient (Wildman–Crippen LogP) is 3.97. The Labute approximate surface area is 215 Å². The van der Waals surface area contributed by atoms with Gasteiger partial charge in [0.25, 0.3) is 11.8 Å². The van der Waals surface area contributed by atoms with Crippen LogP contribution in [-0.2, 0) is 4.79 Å². The second-order valence-corrected chi connectivity index (χ2v) is 7.76. The largest absolute Gasteiger partial charge is 0.494 e. The molecule has 192 valence electrons. The highest BCUT2D eigenvalue weighted by atomic mass is 16.5. The van der Waals surface area contributed by atoms with E-state index in [0.717, 1.165) is 6.42 Å². The molecular formula is C28H29N3O6. The molecule has 0 fully saturated rings. The fraction of sp³-hybridized carbons (Fsp3) is 0.214. The zero-order valence-corrected chi connectivity index (χ0v) is 20.7. The fourth-order valence-corrected chi connectivity index (χ4v) is 3.05. The molecular weight excluding hydrogens is 474 g/mol. The topological polar surface area (TPSA) is 115 Å². The summed E-state index contributed by atoms with van der Waals surface area (Å²) in [5.74, 6) is 0.390. The first kappa shape index (κ1) is 26.9. The fourth-order valence-electron chi connectivity index (χ4n) is 3.05. The molecule has 3 aromatic carbocycles. The van der Waals surface area contributed by atoms with Crippen molar-refractivity contribution in [1.82, 2.24) is 10.7 Å². The molecule has 3 aromatic rings. The van der Waals surface area contributed by atoms with Gasteiger partial charge in [0, 0.05) is 5.56 Å². The second-order valence-electron chi connectivity index (χ2n) is 7.76. The van der Waals surface area contributed by atoms with Crippen LogP contribution in [0.2, 0.25) is 0 Å². The number of benzene rings is 3. The molecule has 0 unspecified atom stereocenters. The Morgan fingerprint density at radius 3 is 2.00 bits per heavy atom. The van der Waals surface area contributed by atoms with Gasteiger partial charge in [-0.1, -0.05) is 6.92 Å². The summed E-state index contributed by atoms with van der Waals surface area (Å²) in [4.78, 5) is 36.5. The van der Waals surface area contributed by atoms with Crippen molar-refractivity contribution in [2.45, 2.75) is 20.3 Å².